The molecule has 1 aromatic carbocycles. The van der Waals surface area contributed by atoms with Gasteiger partial charge in [-0.15, -0.1) is 0 Å². The summed E-state index contributed by atoms with van der Waals surface area (Å²) in [5.74, 6) is -0.291. The van der Waals surface area contributed by atoms with E-state index in [1.165, 1.54) is 25.7 Å². The summed E-state index contributed by atoms with van der Waals surface area (Å²) in [4.78, 5) is 0. The van der Waals surface area contributed by atoms with Crippen molar-refractivity contribution in [3.8, 4) is 0 Å². The van der Waals surface area contributed by atoms with Gasteiger partial charge in [0.05, 0.1) is 5.02 Å². The minimum atomic E-state index is -0.291. The van der Waals surface area contributed by atoms with Gasteiger partial charge in [0.25, 0.3) is 0 Å². The first-order valence-electron chi connectivity index (χ1n) is 6.30. The quantitative estimate of drug-likeness (QED) is 0.834. The van der Waals surface area contributed by atoms with Crippen LogP contribution in [0, 0.1) is 11.2 Å². The summed E-state index contributed by atoms with van der Waals surface area (Å²) in [5, 5.41) is 3.57. The van der Waals surface area contributed by atoms with Crippen LogP contribution in [0.2, 0.25) is 5.02 Å². The summed E-state index contributed by atoms with van der Waals surface area (Å²) in [6.45, 7) is 3.78. The Hall–Kier alpha value is -0.600. The Morgan fingerprint density at radius 3 is 2.76 bits per heavy atom. The van der Waals surface area contributed by atoms with E-state index >= 15 is 0 Å². The minimum absolute atomic E-state index is 0.207. The minimum Gasteiger partial charge on any atom is -0.312 e. The fourth-order valence-electron chi connectivity index (χ4n) is 2.48. The van der Waals surface area contributed by atoms with Crippen LogP contribution in [-0.2, 0) is 6.54 Å². The van der Waals surface area contributed by atoms with Gasteiger partial charge in [-0.1, -0.05) is 37.1 Å². The molecular formula is C14H19ClFN. The van der Waals surface area contributed by atoms with Crippen LogP contribution in [0.15, 0.2) is 18.2 Å². The fourth-order valence-corrected chi connectivity index (χ4v) is 2.67. The molecule has 0 aliphatic heterocycles. The van der Waals surface area contributed by atoms with Crippen LogP contribution >= 0.6 is 11.6 Å². The van der Waals surface area contributed by atoms with E-state index in [1.54, 1.807) is 18.2 Å². The van der Waals surface area contributed by atoms with E-state index in [0.717, 1.165) is 6.54 Å². The van der Waals surface area contributed by atoms with Gasteiger partial charge in [-0.05, 0) is 30.7 Å². The van der Waals surface area contributed by atoms with Gasteiger partial charge in [0.2, 0.25) is 0 Å². The highest BCUT2D eigenvalue weighted by atomic mass is 35.5. The number of hydrogen-bond donors (Lipinski definition) is 1. The van der Waals surface area contributed by atoms with Gasteiger partial charge in [0.1, 0.15) is 5.82 Å². The first-order chi connectivity index (χ1) is 8.17. The van der Waals surface area contributed by atoms with Gasteiger partial charge in [-0.25, -0.2) is 4.39 Å². The van der Waals surface area contributed by atoms with Crippen LogP contribution in [-0.4, -0.2) is 6.54 Å². The summed E-state index contributed by atoms with van der Waals surface area (Å²) in [7, 11) is 0. The highest BCUT2D eigenvalue weighted by molar-refractivity contribution is 6.30. The second-order valence-electron chi connectivity index (χ2n) is 5.02. The zero-order valence-electron chi connectivity index (χ0n) is 10.2. The third kappa shape index (κ3) is 2.80. The summed E-state index contributed by atoms with van der Waals surface area (Å²) < 4.78 is 13.6. The summed E-state index contributed by atoms with van der Waals surface area (Å²) in [6, 6.07) is 5.16. The van der Waals surface area contributed by atoms with Gasteiger partial charge >= 0.3 is 0 Å². The maximum absolute atomic E-state index is 13.6. The number of benzene rings is 1. The van der Waals surface area contributed by atoms with Crippen molar-refractivity contribution < 1.29 is 4.39 Å². The van der Waals surface area contributed by atoms with Crippen molar-refractivity contribution in [2.24, 2.45) is 5.41 Å². The average molecular weight is 256 g/mol. The van der Waals surface area contributed by atoms with Gasteiger partial charge in [0.15, 0.2) is 0 Å². The van der Waals surface area contributed by atoms with Crippen LogP contribution < -0.4 is 5.32 Å². The van der Waals surface area contributed by atoms with Crippen LogP contribution in [0.4, 0.5) is 4.39 Å². The van der Waals surface area contributed by atoms with E-state index in [9.17, 15) is 4.39 Å². The molecule has 0 atom stereocenters. The third-order valence-corrected chi connectivity index (χ3v) is 4.30. The number of halogens is 2. The molecule has 1 fully saturated rings. The van der Waals surface area contributed by atoms with Gasteiger partial charge in [-0.3, -0.25) is 0 Å². The smallest absolute Gasteiger partial charge is 0.146 e. The number of rotatable bonds is 5. The Kier molecular flexibility index (Phi) is 4.05. The molecule has 0 amide bonds. The normalized spacial score (nSPS) is 17.8. The van der Waals surface area contributed by atoms with E-state index in [0.29, 0.717) is 17.5 Å². The Balaban J connectivity index is 1.88. The van der Waals surface area contributed by atoms with E-state index < -0.39 is 0 Å². The maximum atomic E-state index is 13.6. The highest BCUT2D eigenvalue weighted by Gasteiger charge is 2.34. The summed E-state index contributed by atoms with van der Waals surface area (Å²) in [5.41, 5.74) is 1.12. The molecule has 0 spiro atoms. The second-order valence-corrected chi connectivity index (χ2v) is 5.43. The molecule has 1 N–H and O–H groups in total. The van der Waals surface area contributed by atoms with Gasteiger partial charge in [-0.2, -0.15) is 0 Å². The topological polar surface area (TPSA) is 12.0 Å². The maximum Gasteiger partial charge on any atom is 0.146 e. The first kappa shape index (κ1) is 12.8. The molecule has 17 heavy (non-hydrogen) atoms. The van der Waals surface area contributed by atoms with Crippen molar-refractivity contribution in [3.63, 3.8) is 0 Å². The number of nitrogens with one attached hydrogen (secondary N) is 1. The third-order valence-electron chi connectivity index (χ3n) is 4.01. The molecule has 2 rings (SSSR count). The molecule has 0 heterocycles. The van der Waals surface area contributed by atoms with Gasteiger partial charge in [0, 0.05) is 18.7 Å². The van der Waals surface area contributed by atoms with E-state index in [2.05, 4.69) is 12.2 Å². The zero-order chi connectivity index (χ0) is 12.3. The van der Waals surface area contributed by atoms with Crippen LogP contribution in [0.5, 0.6) is 0 Å². The summed E-state index contributed by atoms with van der Waals surface area (Å²) >= 11 is 5.75. The van der Waals surface area contributed by atoms with E-state index in [-0.39, 0.29) is 10.8 Å². The molecule has 94 valence electrons. The molecular weight excluding hydrogens is 237 g/mol. The Bertz CT molecular complexity index is 382. The molecule has 1 aromatic rings. The van der Waals surface area contributed by atoms with Crippen molar-refractivity contribution in [1.29, 1.82) is 0 Å². The molecule has 0 aromatic heterocycles. The monoisotopic (exact) mass is 255 g/mol. The molecule has 3 heteroatoms. The van der Waals surface area contributed by atoms with Crippen molar-refractivity contribution >= 4 is 11.6 Å². The Labute approximate surface area is 107 Å². The molecule has 0 bridgehead atoms. The van der Waals surface area contributed by atoms with Crippen molar-refractivity contribution in [2.45, 2.75) is 39.2 Å². The molecule has 1 nitrogen and oxygen atoms in total. The fraction of sp³-hybridized carbons (Fsp3) is 0.571. The molecule has 0 radical (unpaired) electrons. The van der Waals surface area contributed by atoms with Crippen molar-refractivity contribution in [2.75, 3.05) is 6.54 Å². The molecule has 0 unspecified atom stereocenters. The van der Waals surface area contributed by atoms with E-state index in [1.807, 2.05) is 0 Å². The molecule has 1 saturated carbocycles. The second kappa shape index (κ2) is 5.36. The molecule has 1 aliphatic carbocycles. The van der Waals surface area contributed by atoms with Gasteiger partial charge < -0.3 is 5.32 Å². The Morgan fingerprint density at radius 2 is 2.18 bits per heavy atom. The molecule has 0 saturated heterocycles. The lowest BCUT2D eigenvalue weighted by Crippen LogP contribution is -2.39. The average Bonchev–Trinajstić information content (AvgIpc) is 2.28. The lowest BCUT2D eigenvalue weighted by molar-refractivity contribution is 0.123. The lowest BCUT2D eigenvalue weighted by Gasteiger charge is -2.41. The van der Waals surface area contributed by atoms with Crippen LogP contribution in [0.3, 0.4) is 0 Å². The largest absolute Gasteiger partial charge is 0.312 e. The standard InChI is InChI=1S/C14H19ClFN/c1-2-14(7-4-8-14)10-17-9-11-5-3-6-12(15)13(11)16/h3,5-6,17H,2,4,7-10H2,1H3. The van der Waals surface area contributed by atoms with Crippen LogP contribution in [0.25, 0.3) is 0 Å². The van der Waals surface area contributed by atoms with E-state index in [4.69, 9.17) is 11.6 Å². The Morgan fingerprint density at radius 1 is 1.41 bits per heavy atom. The first-order valence-corrected chi connectivity index (χ1v) is 6.68. The predicted molar refractivity (Wildman–Crippen MR) is 69.7 cm³/mol. The van der Waals surface area contributed by atoms with Crippen LogP contribution in [0.1, 0.15) is 38.2 Å². The summed E-state index contributed by atoms with van der Waals surface area (Å²) in [6.07, 6.45) is 5.14. The SMILES string of the molecule is CCC1(CNCc2cccc(Cl)c2F)CCC1. The highest BCUT2D eigenvalue weighted by Crippen LogP contribution is 2.43. The zero-order valence-corrected chi connectivity index (χ0v) is 11.0. The lowest BCUT2D eigenvalue weighted by atomic mass is 9.67. The molecule has 1 aliphatic rings. The van der Waals surface area contributed by atoms with Crippen molar-refractivity contribution in [3.05, 3.63) is 34.6 Å². The number of hydrogen-bond acceptors (Lipinski definition) is 1. The predicted octanol–water partition coefficient (Wildman–Crippen LogP) is 4.15. The van der Waals surface area contributed by atoms with Crippen molar-refractivity contribution in [1.82, 2.24) is 5.32 Å².